The van der Waals surface area contributed by atoms with Crippen molar-refractivity contribution in [1.82, 2.24) is 4.98 Å². The first-order valence-corrected chi connectivity index (χ1v) is 4.12. The first-order valence-electron chi connectivity index (χ1n) is 3.74. The summed E-state index contributed by atoms with van der Waals surface area (Å²) in [6, 6.07) is 4.02. The molecule has 0 unspecified atom stereocenters. The van der Waals surface area contributed by atoms with E-state index in [1.807, 2.05) is 19.1 Å². The van der Waals surface area contributed by atoms with Crippen LogP contribution in [0.1, 0.15) is 5.69 Å². The number of hydrogen-bond acceptors (Lipinski definition) is 1. The van der Waals surface area contributed by atoms with Crippen LogP contribution in [-0.2, 0) is 0 Å². The molecule has 0 saturated heterocycles. The van der Waals surface area contributed by atoms with E-state index in [4.69, 9.17) is 11.6 Å². The van der Waals surface area contributed by atoms with Crippen molar-refractivity contribution in [3.8, 4) is 0 Å². The normalized spacial score (nSPS) is 9.82. The van der Waals surface area contributed by atoms with Gasteiger partial charge in [0.05, 0.1) is 0 Å². The van der Waals surface area contributed by atoms with Crippen molar-refractivity contribution in [3.63, 3.8) is 0 Å². The molecule has 0 aliphatic rings. The summed E-state index contributed by atoms with van der Waals surface area (Å²) in [4.78, 5) is 4.16. The maximum atomic E-state index is 5.91. The fourth-order valence-electron chi connectivity index (χ4n) is 0.966. The van der Waals surface area contributed by atoms with Gasteiger partial charge in [-0.25, -0.2) is 4.98 Å². The van der Waals surface area contributed by atoms with Crippen LogP contribution < -0.4 is 5.46 Å². The summed E-state index contributed by atoms with van der Waals surface area (Å²) in [6.07, 6.45) is 0. The van der Waals surface area contributed by atoms with Crippen LogP contribution in [0.3, 0.4) is 0 Å². The summed E-state index contributed by atoms with van der Waals surface area (Å²) >= 11 is 5.91. The van der Waals surface area contributed by atoms with Crippen molar-refractivity contribution >= 4 is 23.8 Å². The van der Waals surface area contributed by atoms with Gasteiger partial charge in [0.25, 0.3) is 0 Å². The van der Waals surface area contributed by atoms with Crippen LogP contribution in [0.25, 0.3) is 0 Å². The van der Waals surface area contributed by atoms with Gasteiger partial charge < -0.3 is 0 Å². The van der Waals surface area contributed by atoms with Crippen molar-refractivity contribution in [2.24, 2.45) is 0 Å². The summed E-state index contributed by atoms with van der Waals surface area (Å²) in [5.41, 5.74) is 2.09. The summed E-state index contributed by atoms with van der Waals surface area (Å²) in [5.74, 6) is 0. The molecule has 0 fully saturated rings. The van der Waals surface area contributed by atoms with Gasteiger partial charge in [0.15, 0.2) is 6.71 Å². The molecule has 1 aromatic heterocycles. The highest BCUT2D eigenvalue weighted by Crippen LogP contribution is 2.03. The zero-order valence-corrected chi connectivity index (χ0v) is 7.81. The number of hydrogen-bond donors (Lipinski definition) is 0. The predicted molar refractivity (Wildman–Crippen MR) is 51.1 cm³/mol. The third kappa shape index (κ3) is 1.97. The molecule has 0 N–H and O–H groups in total. The number of rotatable bonds is 1. The Balaban J connectivity index is 3.09. The Bertz CT molecular complexity index is 260. The average Bonchev–Trinajstić information content (AvgIpc) is 1.85. The highest BCUT2D eigenvalue weighted by molar-refractivity contribution is 6.73. The van der Waals surface area contributed by atoms with Crippen LogP contribution in [-0.4, -0.2) is 11.7 Å². The Morgan fingerprint density at radius 2 is 2.00 bits per heavy atom. The van der Waals surface area contributed by atoms with E-state index >= 15 is 0 Å². The number of nitrogens with zero attached hydrogens (tertiary/aromatic N) is 1. The lowest BCUT2D eigenvalue weighted by Crippen LogP contribution is -2.24. The van der Waals surface area contributed by atoms with Crippen molar-refractivity contribution in [1.29, 1.82) is 0 Å². The first kappa shape index (κ1) is 8.60. The highest BCUT2D eigenvalue weighted by Gasteiger charge is 2.07. The second kappa shape index (κ2) is 3.27. The monoisotopic (exact) mass is 167 g/mol. The standard InChI is InChI=1S/C8H11BClN/c1-6-4-5-7(9(2)3)8(10)11-6/h4-5H,1-3H3. The molecule has 1 rings (SSSR count). The van der Waals surface area contributed by atoms with Crippen LogP contribution >= 0.6 is 11.6 Å². The fraction of sp³-hybridized carbons (Fsp3) is 0.375. The molecule has 1 aromatic rings. The Hall–Kier alpha value is -0.495. The van der Waals surface area contributed by atoms with Gasteiger partial charge in [-0.05, 0) is 18.5 Å². The van der Waals surface area contributed by atoms with E-state index in [1.165, 1.54) is 0 Å². The second-order valence-corrected chi connectivity index (χ2v) is 3.35. The number of halogens is 1. The molecule has 1 nitrogen and oxygen atoms in total. The lowest BCUT2D eigenvalue weighted by Gasteiger charge is -2.04. The predicted octanol–water partition coefficient (Wildman–Crippen LogP) is 2.00. The lowest BCUT2D eigenvalue weighted by molar-refractivity contribution is 1.21. The van der Waals surface area contributed by atoms with Crippen LogP contribution in [0.2, 0.25) is 18.8 Å². The van der Waals surface area contributed by atoms with Crippen molar-refractivity contribution in [3.05, 3.63) is 23.0 Å². The van der Waals surface area contributed by atoms with Crippen molar-refractivity contribution in [2.75, 3.05) is 0 Å². The minimum atomic E-state index is 0.454. The van der Waals surface area contributed by atoms with Gasteiger partial charge in [-0.3, -0.25) is 0 Å². The van der Waals surface area contributed by atoms with Crippen LogP contribution in [0, 0.1) is 6.92 Å². The van der Waals surface area contributed by atoms with Gasteiger partial charge in [0.1, 0.15) is 5.15 Å². The van der Waals surface area contributed by atoms with E-state index in [0.717, 1.165) is 11.2 Å². The molecule has 0 aliphatic carbocycles. The third-order valence-corrected chi connectivity index (χ3v) is 1.94. The molecule has 11 heavy (non-hydrogen) atoms. The molecule has 3 heteroatoms. The Labute approximate surface area is 72.9 Å². The highest BCUT2D eigenvalue weighted by atomic mass is 35.5. The Morgan fingerprint density at radius 3 is 2.45 bits per heavy atom. The number of pyridine rings is 1. The number of aromatic nitrogens is 1. The van der Waals surface area contributed by atoms with Gasteiger partial charge >= 0.3 is 0 Å². The van der Waals surface area contributed by atoms with Crippen molar-refractivity contribution in [2.45, 2.75) is 20.6 Å². The quantitative estimate of drug-likeness (QED) is 0.461. The number of aryl methyl sites for hydroxylation is 1. The largest absolute Gasteiger partial charge is 0.242 e. The maximum absolute atomic E-state index is 5.91. The first-order chi connectivity index (χ1) is 5.11. The van der Waals surface area contributed by atoms with Crippen LogP contribution in [0.4, 0.5) is 0 Å². The van der Waals surface area contributed by atoms with E-state index < -0.39 is 0 Å². The van der Waals surface area contributed by atoms with Crippen LogP contribution in [0.5, 0.6) is 0 Å². The van der Waals surface area contributed by atoms with E-state index in [9.17, 15) is 0 Å². The summed E-state index contributed by atoms with van der Waals surface area (Å²) < 4.78 is 0. The van der Waals surface area contributed by atoms with Gasteiger partial charge in [0.2, 0.25) is 0 Å². The molecule has 0 saturated carbocycles. The molecule has 0 bridgehead atoms. The van der Waals surface area contributed by atoms with Crippen LogP contribution in [0.15, 0.2) is 12.1 Å². The molecule has 1 heterocycles. The van der Waals surface area contributed by atoms with Crippen molar-refractivity contribution < 1.29 is 0 Å². The molecule has 0 aliphatic heterocycles. The summed E-state index contributed by atoms with van der Waals surface area (Å²) in [7, 11) is 0. The summed E-state index contributed by atoms with van der Waals surface area (Å²) in [6.45, 7) is 6.61. The van der Waals surface area contributed by atoms with Gasteiger partial charge in [-0.1, -0.05) is 31.3 Å². The average molecular weight is 167 g/mol. The molecule has 0 atom stereocenters. The minimum Gasteiger partial charge on any atom is -0.242 e. The van der Waals surface area contributed by atoms with E-state index in [2.05, 4.69) is 18.6 Å². The molecule has 0 amide bonds. The maximum Gasteiger partial charge on any atom is 0.173 e. The molecular formula is C8H11BClN. The fourth-order valence-corrected chi connectivity index (χ4v) is 1.38. The Morgan fingerprint density at radius 1 is 1.36 bits per heavy atom. The zero-order chi connectivity index (χ0) is 8.43. The smallest absolute Gasteiger partial charge is 0.173 e. The van der Waals surface area contributed by atoms with Gasteiger partial charge in [-0.15, -0.1) is 0 Å². The Kier molecular flexibility index (Phi) is 2.55. The third-order valence-electron chi connectivity index (χ3n) is 1.64. The van der Waals surface area contributed by atoms with E-state index in [0.29, 0.717) is 11.9 Å². The summed E-state index contributed by atoms with van der Waals surface area (Å²) in [5, 5.41) is 0.639. The SMILES string of the molecule is CB(C)c1ccc(C)nc1Cl. The molecule has 0 spiro atoms. The molecular weight excluding hydrogens is 156 g/mol. The molecule has 0 radical (unpaired) electrons. The van der Waals surface area contributed by atoms with Gasteiger partial charge in [-0.2, -0.15) is 0 Å². The van der Waals surface area contributed by atoms with E-state index in [1.54, 1.807) is 0 Å². The lowest BCUT2D eigenvalue weighted by atomic mass is 9.50. The topological polar surface area (TPSA) is 12.9 Å². The molecule has 0 aromatic carbocycles. The minimum absolute atomic E-state index is 0.454. The zero-order valence-electron chi connectivity index (χ0n) is 7.06. The molecule has 58 valence electrons. The van der Waals surface area contributed by atoms with E-state index in [-0.39, 0.29) is 0 Å². The second-order valence-electron chi connectivity index (χ2n) is 2.99. The van der Waals surface area contributed by atoms with Gasteiger partial charge in [0, 0.05) is 5.69 Å².